The van der Waals surface area contributed by atoms with E-state index in [2.05, 4.69) is 4.99 Å². The van der Waals surface area contributed by atoms with E-state index in [4.69, 9.17) is 0 Å². The molecule has 5 nitrogen and oxygen atoms in total. The topological polar surface area (TPSA) is 72.6 Å². The van der Waals surface area contributed by atoms with Crippen LogP contribution in [0.25, 0.3) is 0 Å². The van der Waals surface area contributed by atoms with Crippen molar-refractivity contribution in [2.75, 3.05) is 6.54 Å². The van der Waals surface area contributed by atoms with E-state index >= 15 is 0 Å². The minimum Gasteiger partial charge on any atom is -0.258 e. The molecule has 0 radical (unpaired) electrons. The zero-order valence-electron chi connectivity index (χ0n) is 7.94. The van der Waals surface area contributed by atoms with Crippen LogP contribution < -0.4 is 0 Å². The van der Waals surface area contributed by atoms with Crippen molar-refractivity contribution in [3.8, 4) is 0 Å². The second kappa shape index (κ2) is 5.09. The van der Waals surface area contributed by atoms with Gasteiger partial charge in [-0.05, 0) is 12.5 Å². The minimum absolute atomic E-state index is 0.0112. The van der Waals surface area contributed by atoms with Crippen LogP contribution in [0.4, 0.5) is 14.5 Å². The Morgan fingerprint density at radius 3 is 2.56 bits per heavy atom. The molecule has 0 saturated heterocycles. The normalized spacial score (nSPS) is 9.62. The molecule has 0 aliphatic carbocycles. The van der Waals surface area contributed by atoms with Crippen molar-refractivity contribution in [1.29, 1.82) is 0 Å². The van der Waals surface area contributed by atoms with Gasteiger partial charge in [-0.3, -0.25) is 10.1 Å². The Hall–Kier alpha value is -2.14. The number of nitro groups is 1. The maximum absolute atomic E-state index is 12.8. The number of hydrogen-bond acceptors (Lipinski definition) is 4. The van der Waals surface area contributed by atoms with Gasteiger partial charge in [0.05, 0.1) is 17.5 Å². The largest absolute Gasteiger partial charge is 0.275 e. The van der Waals surface area contributed by atoms with Crippen molar-refractivity contribution in [2.45, 2.75) is 6.42 Å². The summed E-state index contributed by atoms with van der Waals surface area (Å²) in [6.45, 7) is -0.0601. The van der Waals surface area contributed by atoms with E-state index in [1.54, 1.807) is 0 Å². The highest BCUT2D eigenvalue weighted by Crippen LogP contribution is 2.22. The van der Waals surface area contributed by atoms with E-state index in [9.17, 15) is 23.7 Å². The van der Waals surface area contributed by atoms with Gasteiger partial charge in [0.15, 0.2) is 11.6 Å². The summed E-state index contributed by atoms with van der Waals surface area (Å²) >= 11 is 0. The lowest BCUT2D eigenvalue weighted by Gasteiger charge is -2.01. The van der Waals surface area contributed by atoms with E-state index in [1.165, 1.54) is 6.08 Å². The minimum atomic E-state index is -1.28. The van der Waals surface area contributed by atoms with Gasteiger partial charge in [-0.15, -0.1) is 0 Å². The molecule has 84 valence electrons. The van der Waals surface area contributed by atoms with Gasteiger partial charge in [0.25, 0.3) is 5.69 Å². The molecule has 7 heteroatoms. The van der Waals surface area contributed by atoms with Gasteiger partial charge >= 0.3 is 0 Å². The summed E-state index contributed by atoms with van der Waals surface area (Å²) in [6.07, 6.45) is 1.22. The molecule has 0 bridgehead atoms. The van der Waals surface area contributed by atoms with Crippen LogP contribution in [0, 0.1) is 21.7 Å². The van der Waals surface area contributed by atoms with Crippen molar-refractivity contribution < 1.29 is 18.5 Å². The van der Waals surface area contributed by atoms with Gasteiger partial charge in [-0.25, -0.2) is 18.6 Å². The zero-order chi connectivity index (χ0) is 12.1. The lowest BCUT2D eigenvalue weighted by atomic mass is 10.1. The van der Waals surface area contributed by atoms with Crippen LogP contribution in [0.5, 0.6) is 0 Å². The number of benzene rings is 1. The Morgan fingerprint density at radius 2 is 2.00 bits per heavy atom. The molecule has 1 aromatic rings. The lowest BCUT2D eigenvalue weighted by molar-refractivity contribution is -0.385. The first-order valence-electron chi connectivity index (χ1n) is 4.22. The predicted molar refractivity (Wildman–Crippen MR) is 49.7 cm³/mol. The fourth-order valence-electron chi connectivity index (χ4n) is 1.17. The van der Waals surface area contributed by atoms with Crippen LogP contribution in [0.2, 0.25) is 0 Å². The molecular formula is C9H6F2N2O3. The third kappa shape index (κ3) is 2.68. The second-order valence-electron chi connectivity index (χ2n) is 2.88. The molecule has 0 atom stereocenters. The quantitative estimate of drug-likeness (QED) is 0.341. The van der Waals surface area contributed by atoms with Crippen molar-refractivity contribution in [3.05, 3.63) is 39.4 Å². The standard InChI is InChI=1S/C9H6F2N2O3/c10-7-3-6(1-2-12-5-14)9(13(15)16)4-8(7)11/h3-4H,1-2H2. The molecule has 0 spiro atoms. The van der Waals surface area contributed by atoms with Gasteiger partial charge in [0.1, 0.15) is 0 Å². The molecule has 1 rings (SSSR count). The van der Waals surface area contributed by atoms with E-state index in [0.29, 0.717) is 6.07 Å². The molecule has 0 saturated carbocycles. The molecule has 0 heterocycles. The first-order chi connectivity index (χ1) is 7.56. The number of rotatable bonds is 4. The maximum atomic E-state index is 12.8. The average Bonchev–Trinajstić information content (AvgIpc) is 2.23. The van der Waals surface area contributed by atoms with Gasteiger partial charge in [0, 0.05) is 5.56 Å². The first-order valence-corrected chi connectivity index (χ1v) is 4.22. The summed E-state index contributed by atoms with van der Waals surface area (Å²) in [7, 11) is 0. The van der Waals surface area contributed by atoms with E-state index in [-0.39, 0.29) is 18.5 Å². The molecule has 0 amide bonds. The summed E-state index contributed by atoms with van der Waals surface area (Å²) < 4.78 is 25.6. The fourth-order valence-corrected chi connectivity index (χ4v) is 1.17. The maximum Gasteiger partial charge on any atom is 0.275 e. The summed E-state index contributed by atoms with van der Waals surface area (Å²) in [4.78, 5) is 22.7. The van der Waals surface area contributed by atoms with Gasteiger partial charge in [-0.1, -0.05) is 0 Å². The third-order valence-electron chi connectivity index (χ3n) is 1.88. The van der Waals surface area contributed by atoms with Crippen LogP contribution in [0.3, 0.4) is 0 Å². The van der Waals surface area contributed by atoms with Crippen molar-refractivity contribution in [1.82, 2.24) is 0 Å². The Kier molecular flexibility index (Phi) is 3.79. The number of isocyanates is 1. The molecule has 16 heavy (non-hydrogen) atoms. The molecule has 0 aliphatic heterocycles. The molecule has 0 aromatic heterocycles. The van der Waals surface area contributed by atoms with Crippen LogP contribution in [0.1, 0.15) is 5.56 Å². The number of hydrogen-bond donors (Lipinski definition) is 0. The first kappa shape index (κ1) is 11.9. The third-order valence-corrected chi connectivity index (χ3v) is 1.88. The molecule has 0 aliphatic rings. The lowest BCUT2D eigenvalue weighted by Crippen LogP contribution is -2.00. The number of carbonyl (C=O) groups excluding carboxylic acids is 1. The smallest absolute Gasteiger partial charge is 0.258 e. The fraction of sp³-hybridized carbons (Fsp3) is 0.222. The summed E-state index contributed by atoms with van der Waals surface area (Å²) in [6, 6.07) is 1.24. The zero-order valence-corrected chi connectivity index (χ0v) is 7.94. The van der Waals surface area contributed by atoms with E-state index in [1.807, 2.05) is 0 Å². The molecule has 0 fully saturated rings. The van der Waals surface area contributed by atoms with Gasteiger partial charge in [0.2, 0.25) is 6.08 Å². The number of nitrogens with zero attached hydrogens (tertiary/aromatic N) is 2. The summed E-state index contributed by atoms with van der Waals surface area (Å²) in [5.41, 5.74) is -0.539. The number of halogens is 2. The highest BCUT2D eigenvalue weighted by atomic mass is 19.2. The van der Waals surface area contributed by atoms with Crippen molar-refractivity contribution >= 4 is 11.8 Å². The molecule has 1 aromatic carbocycles. The van der Waals surface area contributed by atoms with E-state index in [0.717, 1.165) is 6.07 Å². The number of aliphatic imine (C=N–C) groups is 1. The Bertz CT molecular complexity index is 470. The summed E-state index contributed by atoms with van der Waals surface area (Å²) in [5.74, 6) is -2.45. The van der Waals surface area contributed by atoms with Gasteiger partial charge in [-0.2, -0.15) is 0 Å². The van der Waals surface area contributed by atoms with Crippen LogP contribution >= 0.6 is 0 Å². The SMILES string of the molecule is O=C=NCCc1cc(F)c(F)cc1[N+](=O)[O-]. The molecular weight excluding hydrogens is 222 g/mol. The van der Waals surface area contributed by atoms with Crippen molar-refractivity contribution in [3.63, 3.8) is 0 Å². The monoisotopic (exact) mass is 228 g/mol. The highest BCUT2D eigenvalue weighted by Gasteiger charge is 2.17. The predicted octanol–water partition coefficient (Wildman–Crippen LogP) is 1.75. The van der Waals surface area contributed by atoms with Crippen LogP contribution in [-0.4, -0.2) is 17.5 Å². The van der Waals surface area contributed by atoms with Crippen LogP contribution in [0.15, 0.2) is 17.1 Å². The Balaban J connectivity index is 3.09. The second-order valence-corrected chi connectivity index (χ2v) is 2.88. The Morgan fingerprint density at radius 1 is 1.38 bits per heavy atom. The van der Waals surface area contributed by atoms with Crippen LogP contribution in [-0.2, 0) is 11.2 Å². The van der Waals surface area contributed by atoms with E-state index < -0.39 is 22.2 Å². The number of nitro benzene ring substituents is 1. The summed E-state index contributed by atoms with van der Waals surface area (Å²) in [5, 5.41) is 10.5. The van der Waals surface area contributed by atoms with Crippen molar-refractivity contribution in [2.24, 2.45) is 4.99 Å². The molecule has 0 N–H and O–H groups in total. The molecule has 0 unspecified atom stereocenters. The average molecular weight is 228 g/mol. The highest BCUT2D eigenvalue weighted by molar-refractivity contribution is 5.41. The van der Waals surface area contributed by atoms with Gasteiger partial charge < -0.3 is 0 Å². The Labute approximate surface area is 88.6 Å².